The van der Waals surface area contributed by atoms with Crippen LogP contribution in [-0.4, -0.2) is 43.5 Å². The Morgan fingerprint density at radius 1 is 1.16 bits per heavy atom. The quantitative estimate of drug-likeness (QED) is 0.875. The van der Waals surface area contributed by atoms with Gasteiger partial charge >= 0.3 is 12.4 Å². The first-order valence-electron chi connectivity index (χ1n) is 8.24. The van der Waals surface area contributed by atoms with Crippen molar-refractivity contribution < 1.29 is 22.7 Å². The SMILES string of the molecule is CN(C)[C@]1(c2cccc(OC(F)(F)F)c2)CC[C@]2(CC1)CNC(=O)N2. The van der Waals surface area contributed by atoms with Crippen molar-refractivity contribution in [2.45, 2.75) is 43.1 Å². The van der Waals surface area contributed by atoms with E-state index >= 15 is 0 Å². The zero-order chi connectivity index (χ0) is 18.3. The minimum atomic E-state index is -4.71. The summed E-state index contributed by atoms with van der Waals surface area (Å²) >= 11 is 0. The molecule has 0 unspecified atom stereocenters. The maximum atomic E-state index is 12.5. The van der Waals surface area contributed by atoms with E-state index in [9.17, 15) is 18.0 Å². The molecule has 1 aromatic carbocycles. The second kappa shape index (κ2) is 6.09. The fourth-order valence-corrected chi connectivity index (χ4v) is 4.00. The van der Waals surface area contributed by atoms with Crippen LogP contribution in [0, 0.1) is 0 Å². The fourth-order valence-electron chi connectivity index (χ4n) is 4.00. The van der Waals surface area contributed by atoms with E-state index in [2.05, 4.69) is 20.3 Å². The van der Waals surface area contributed by atoms with E-state index in [0.29, 0.717) is 6.54 Å². The van der Waals surface area contributed by atoms with Gasteiger partial charge in [-0.05, 0) is 57.5 Å². The molecule has 2 aliphatic rings. The first-order chi connectivity index (χ1) is 11.6. The van der Waals surface area contributed by atoms with E-state index in [0.717, 1.165) is 31.2 Å². The maximum Gasteiger partial charge on any atom is 0.573 e. The van der Waals surface area contributed by atoms with Gasteiger partial charge in [0.1, 0.15) is 5.75 Å². The molecule has 2 amide bonds. The topological polar surface area (TPSA) is 53.6 Å². The number of carbonyl (C=O) groups is 1. The summed E-state index contributed by atoms with van der Waals surface area (Å²) in [6, 6.07) is 6.05. The van der Waals surface area contributed by atoms with Crippen LogP contribution in [0.3, 0.4) is 0 Å². The molecule has 5 nitrogen and oxygen atoms in total. The maximum absolute atomic E-state index is 12.5. The number of rotatable bonds is 3. The van der Waals surface area contributed by atoms with Gasteiger partial charge < -0.3 is 15.4 Å². The first-order valence-corrected chi connectivity index (χ1v) is 8.24. The lowest BCUT2D eigenvalue weighted by Gasteiger charge is -2.48. The van der Waals surface area contributed by atoms with Gasteiger partial charge in [0.05, 0.1) is 5.54 Å². The van der Waals surface area contributed by atoms with Crippen LogP contribution in [0.5, 0.6) is 5.75 Å². The summed E-state index contributed by atoms with van der Waals surface area (Å²) in [6.45, 7) is 0.590. The molecule has 2 N–H and O–H groups in total. The normalized spacial score (nSPS) is 29.6. The highest BCUT2D eigenvalue weighted by Gasteiger charge is 2.48. The molecule has 138 valence electrons. The fraction of sp³-hybridized carbons (Fsp3) is 0.588. The lowest BCUT2D eigenvalue weighted by molar-refractivity contribution is -0.274. The molecule has 1 heterocycles. The van der Waals surface area contributed by atoms with Gasteiger partial charge in [0, 0.05) is 12.1 Å². The lowest BCUT2D eigenvalue weighted by Crippen LogP contribution is -2.54. The largest absolute Gasteiger partial charge is 0.573 e. The van der Waals surface area contributed by atoms with Crippen molar-refractivity contribution in [3.8, 4) is 5.75 Å². The van der Waals surface area contributed by atoms with Crippen molar-refractivity contribution in [2.75, 3.05) is 20.6 Å². The molecule has 0 aromatic heterocycles. The third-order valence-corrected chi connectivity index (χ3v) is 5.46. The number of halogens is 3. The molecule has 25 heavy (non-hydrogen) atoms. The molecule has 2 fully saturated rings. The van der Waals surface area contributed by atoms with Gasteiger partial charge in [0.15, 0.2) is 0 Å². The van der Waals surface area contributed by atoms with Crippen LogP contribution in [0.2, 0.25) is 0 Å². The second-order valence-corrected chi connectivity index (χ2v) is 7.09. The number of ether oxygens (including phenoxy) is 1. The van der Waals surface area contributed by atoms with E-state index in [1.54, 1.807) is 6.07 Å². The summed E-state index contributed by atoms with van der Waals surface area (Å²) in [5.41, 5.74) is 0.159. The minimum Gasteiger partial charge on any atom is -0.406 e. The summed E-state index contributed by atoms with van der Waals surface area (Å²) in [7, 11) is 3.86. The van der Waals surface area contributed by atoms with Gasteiger partial charge in [-0.3, -0.25) is 4.90 Å². The lowest BCUT2D eigenvalue weighted by atomic mass is 9.69. The molecule has 8 heteroatoms. The number of hydrogen-bond donors (Lipinski definition) is 2. The van der Waals surface area contributed by atoms with Gasteiger partial charge in [-0.1, -0.05) is 12.1 Å². The number of hydrogen-bond acceptors (Lipinski definition) is 3. The third-order valence-electron chi connectivity index (χ3n) is 5.46. The van der Waals surface area contributed by atoms with Crippen LogP contribution in [0.25, 0.3) is 0 Å². The number of benzene rings is 1. The highest BCUT2D eigenvalue weighted by molar-refractivity contribution is 5.77. The molecule has 0 atom stereocenters. The van der Waals surface area contributed by atoms with Crippen LogP contribution >= 0.6 is 0 Å². The zero-order valence-electron chi connectivity index (χ0n) is 14.2. The number of amides is 2. The molecule has 1 saturated heterocycles. The number of alkyl halides is 3. The Morgan fingerprint density at radius 3 is 2.36 bits per heavy atom. The molecule has 1 aliphatic carbocycles. The predicted octanol–water partition coefficient (Wildman–Crippen LogP) is 2.97. The van der Waals surface area contributed by atoms with Crippen LogP contribution in [0.15, 0.2) is 24.3 Å². The molecule has 1 spiro atoms. The van der Waals surface area contributed by atoms with E-state index < -0.39 is 6.36 Å². The van der Waals surface area contributed by atoms with Crippen molar-refractivity contribution >= 4 is 6.03 Å². The van der Waals surface area contributed by atoms with Crippen molar-refractivity contribution in [3.63, 3.8) is 0 Å². The molecular formula is C17H22F3N3O2. The third kappa shape index (κ3) is 3.53. The highest BCUT2D eigenvalue weighted by Crippen LogP contribution is 2.45. The molecule has 0 radical (unpaired) electrons. The highest BCUT2D eigenvalue weighted by atomic mass is 19.4. The second-order valence-electron chi connectivity index (χ2n) is 7.09. The number of carbonyl (C=O) groups excluding carboxylic acids is 1. The number of nitrogens with one attached hydrogen (secondary N) is 2. The summed E-state index contributed by atoms with van der Waals surface area (Å²) in [5.74, 6) is -0.206. The average molecular weight is 357 g/mol. The Morgan fingerprint density at radius 2 is 1.84 bits per heavy atom. The smallest absolute Gasteiger partial charge is 0.406 e. The standard InChI is InChI=1S/C17H22F3N3O2/c1-23(2)16(8-6-15(7-9-16)11-21-14(24)22-15)12-4-3-5-13(10-12)25-17(18,19)20/h3-5,10H,6-9,11H2,1-2H3,(H2,21,22,24)/t15-,16+. The van der Waals surface area contributed by atoms with Gasteiger partial charge in [0.25, 0.3) is 0 Å². The summed E-state index contributed by atoms with van der Waals surface area (Å²) < 4.78 is 41.7. The molecule has 1 saturated carbocycles. The van der Waals surface area contributed by atoms with E-state index in [1.807, 2.05) is 20.2 Å². The molecule has 3 rings (SSSR count). The van der Waals surface area contributed by atoms with Crippen LogP contribution in [0.1, 0.15) is 31.2 Å². The predicted molar refractivity (Wildman–Crippen MR) is 86.2 cm³/mol. The van der Waals surface area contributed by atoms with Crippen molar-refractivity contribution in [1.29, 1.82) is 0 Å². The zero-order valence-corrected chi connectivity index (χ0v) is 14.2. The van der Waals surface area contributed by atoms with Crippen LogP contribution < -0.4 is 15.4 Å². The first kappa shape index (κ1) is 17.8. The van der Waals surface area contributed by atoms with Crippen LogP contribution in [-0.2, 0) is 5.54 Å². The van der Waals surface area contributed by atoms with Gasteiger partial charge in [-0.25, -0.2) is 4.79 Å². The Hall–Kier alpha value is -1.96. The van der Waals surface area contributed by atoms with Crippen molar-refractivity contribution in [2.24, 2.45) is 0 Å². The van der Waals surface area contributed by atoms with Crippen LogP contribution in [0.4, 0.5) is 18.0 Å². The van der Waals surface area contributed by atoms with E-state index in [1.165, 1.54) is 12.1 Å². The molecular weight excluding hydrogens is 335 g/mol. The molecule has 0 bridgehead atoms. The van der Waals surface area contributed by atoms with Crippen molar-refractivity contribution in [1.82, 2.24) is 15.5 Å². The summed E-state index contributed by atoms with van der Waals surface area (Å²) in [6.07, 6.45) is -1.72. The Kier molecular flexibility index (Phi) is 4.35. The minimum absolute atomic E-state index is 0.155. The van der Waals surface area contributed by atoms with E-state index in [4.69, 9.17) is 0 Å². The van der Waals surface area contributed by atoms with Gasteiger partial charge in [-0.15, -0.1) is 13.2 Å². The Bertz CT molecular complexity index is 653. The monoisotopic (exact) mass is 357 g/mol. The summed E-state index contributed by atoms with van der Waals surface area (Å²) in [5, 5.41) is 5.80. The van der Waals surface area contributed by atoms with Crippen molar-refractivity contribution in [3.05, 3.63) is 29.8 Å². The Labute approximate surface area is 144 Å². The Balaban J connectivity index is 1.85. The molecule has 1 aromatic rings. The van der Waals surface area contributed by atoms with Gasteiger partial charge in [0.2, 0.25) is 0 Å². The number of urea groups is 1. The average Bonchev–Trinajstić information content (AvgIpc) is 2.87. The number of nitrogens with zero attached hydrogens (tertiary/aromatic N) is 1. The summed E-state index contributed by atoms with van der Waals surface area (Å²) in [4.78, 5) is 13.6. The molecule has 1 aliphatic heterocycles. The van der Waals surface area contributed by atoms with E-state index in [-0.39, 0.29) is 22.9 Å². The van der Waals surface area contributed by atoms with Gasteiger partial charge in [-0.2, -0.15) is 0 Å².